The van der Waals surface area contributed by atoms with Crippen molar-refractivity contribution in [3.8, 4) is 0 Å². The van der Waals surface area contributed by atoms with E-state index in [1.807, 2.05) is 0 Å². The van der Waals surface area contributed by atoms with Gasteiger partial charge in [0.25, 0.3) is 0 Å². The maximum Gasteiger partial charge on any atom is 0.340 e. The first-order valence-electron chi connectivity index (χ1n) is 5.78. The van der Waals surface area contributed by atoms with Crippen molar-refractivity contribution in [1.29, 1.82) is 0 Å². The fourth-order valence-corrected chi connectivity index (χ4v) is 1.31. The zero-order valence-corrected chi connectivity index (χ0v) is 8.69. The van der Waals surface area contributed by atoms with Crippen LogP contribution in [0.15, 0.2) is 30.3 Å². The summed E-state index contributed by atoms with van der Waals surface area (Å²) in [5, 5.41) is 0. The van der Waals surface area contributed by atoms with Gasteiger partial charge in [0.15, 0.2) is 5.60 Å². The monoisotopic (exact) mass is 208 g/mol. The molecule has 1 fully saturated rings. The van der Waals surface area contributed by atoms with Gasteiger partial charge in [-0.05, 0) is 19.4 Å². The molecule has 1 unspecified atom stereocenters. The molecule has 0 saturated carbocycles. The SMILES string of the molecule is [2H]C([2H])(c1ccccc1)C1OC(=O)C(C)(C)O1. The predicted octanol–water partition coefficient (Wildman–Crippen LogP) is 1.91. The standard InChI is InChI=1S/C12H14O3/c1-12(2)11(13)14-10(15-12)8-9-6-4-3-5-7-9/h3-7,10H,8H2,1-2H3/i8D2. The minimum Gasteiger partial charge on any atom is -0.433 e. The van der Waals surface area contributed by atoms with Crippen LogP contribution in [0.3, 0.4) is 0 Å². The lowest BCUT2D eigenvalue weighted by Gasteiger charge is -2.12. The summed E-state index contributed by atoms with van der Waals surface area (Å²) in [7, 11) is 0. The van der Waals surface area contributed by atoms with E-state index >= 15 is 0 Å². The molecule has 2 rings (SSSR count). The minimum absolute atomic E-state index is 0.426. The molecule has 0 spiro atoms. The van der Waals surface area contributed by atoms with Crippen molar-refractivity contribution >= 4 is 5.97 Å². The summed E-state index contributed by atoms with van der Waals surface area (Å²) in [5.41, 5.74) is -0.664. The highest BCUT2D eigenvalue weighted by molar-refractivity contribution is 5.80. The first-order chi connectivity index (χ1) is 7.84. The highest BCUT2D eigenvalue weighted by atomic mass is 16.8. The number of hydrogen-bond acceptors (Lipinski definition) is 3. The molecule has 1 aliphatic heterocycles. The third-order valence-corrected chi connectivity index (χ3v) is 2.17. The average Bonchev–Trinajstić information content (AvgIpc) is 2.55. The first-order valence-corrected chi connectivity index (χ1v) is 4.78. The second-order valence-corrected chi connectivity index (χ2v) is 3.88. The molecular formula is C12H14O3. The Morgan fingerprint density at radius 1 is 1.40 bits per heavy atom. The molecule has 15 heavy (non-hydrogen) atoms. The summed E-state index contributed by atoms with van der Waals surface area (Å²) < 4.78 is 26.3. The van der Waals surface area contributed by atoms with Crippen molar-refractivity contribution in [1.82, 2.24) is 0 Å². The predicted molar refractivity (Wildman–Crippen MR) is 55.2 cm³/mol. The highest BCUT2D eigenvalue weighted by Crippen LogP contribution is 2.25. The van der Waals surface area contributed by atoms with E-state index in [0.29, 0.717) is 5.56 Å². The molecule has 0 aromatic heterocycles. The van der Waals surface area contributed by atoms with Crippen molar-refractivity contribution in [2.45, 2.75) is 32.1 Å². The van der Waals surface area contributed by atoms with Gasteiger partial charge in [-0.15, -0.1) is 0 Å². The van der Waals surface area contributed by atoms with Crippen LogP contribution in [-0.4, -0.2) is 17.9 Å². The van der Waals surface area contributed by atoms with Crippen LogP contribution in [-0.2, 0) is 20.6 Å². The third-order valence-electron chi connectivity index (χ3n) is 2.17. The Morgan fingerprint density at radius 3 is 2.60 bits per heavy atom. The zero-order chi connectivity index (χ0) is 12.7. The van der Waals surface area contributed by atoms with E-state index in [0.717, 1.165) is 0 Å². The van der Waals surface area contributed by atoms with Gasteiger partial charge in [0.2, 0.25) is 6.29 Å². The van der Waals surface area contributed by atoms with Gasteiger partial charge in [-0.2, -0.15) is 0 Å². The Bertz CT molecular complexity index is 429. The number of benzene rings is 1. The van der Waals surface area contributed by atoms with Crippen LogP contribution < -0.4 is 0 Å². The minimum atomic E-state index is -1.86. The van der Waals surface area contributed by atoms with Gasteiger partial charge in [0.1, 0.15) is 0 Å². The quantitative estimate of drug-likeness (QED) is 0.696. The Hall–Kier alpha value is -1.35. The molecule has 0 aliphatic carbocycles. The van der Waals surface area contributed by atoms with Crippen LogP contribution in [0, 0.1) is 0 Å². The van der Waals surface area contributed by atoms with Gasteiger partial charge in [-0.1, -0.05) is 30.3 Å². The van der Waals surface area contributed by atoms with E-state index in [4.69, 9.17) is 12.2 Å². The van der Waals surface area contributed by atoms with E-state index in [-0.39, 0.29) is 0 Å². The second kappa shape index (κ2) is 3.66. The number of cyclic esters (lactones) is 1. The Labute approximate surface area is 91.8 Å². The molecule has 3 heteroatoms. The molecule has 1 aliphatic rings. The number of esters is 1. The fourth-order valence-electron chi connectivity index (χ4n) is 1.31. The normalized spacial score (nSPS) is 26.8. The largest absolute Gasteiger partial charge is 0.433 e. The maximum atomic E-state index is 11.5. The summed E-state index contributed by atoms with van der Waals surface area (Å²) in [6, 6.07) is 8.54. The molecular weight excluding hydrogens is 192 g/mol. The highest BCUT2D eigenvalue weighted by Gasteiger charge is 2.42. The van der Waals surface area contributed by atoms with Crippen LogP contribution >= 0.6 is 0 Å². The molecule has 0 N–H and O–H groups in total. The number of carbonyl (C=O) groups excluding carboxylic acids is 1. The number of carbonyl (C=O) groups is 1. The maximum absolute atomic E-state index is 11.5. The number of ether oxygens (including phenoxy) is 2. The smallest absolute Gasteiger partial charge is 0.340 e. The van der Waals surface area contributed by atoms with E-state index < -0.39 is 24.2 Å². The van der Waals surface area contributed by atoms with Gasteiger partial charge in [-0.25, -0.2) is 4.79 Å². The zero-order valence-electron chi connectivity index (χ0n) is 10.7. The van der Waals surface area contributed by atoms with E-state index in [9.17, 15) is 4.79 Å². The van der Waals surface area contributed by atoms with E-state index in [2.05, 4.69) is 0 Å². The Balaban J connectivity index is 2.27. The van der Waals surface area contributed by atoms with Crippen LogP contribution in [0.1, 0.15) is 22.2 Å². The topological polar surface area (TPSA) is 35.5 Å². The summed E-state index contributed by atoms with van der Waals surface area (Å²) >= 11 is 0. The third kappa shape index (κ3) is 2.18. The summed E-state index contributed by atoms with van der Waals surface area (Å²) in [6.45, 7) is 3.13. The molecule has 0 radical (unpaired) electrons. The Morgan fingerprint density at radius 2 is 2.07 bits per heavy atom. The van der Waals surface area contributed by atoms with Gasteiger partial charge < -0.3 is 9.47 Å². The molecule has 0 amide bonds. The van der Waals surface area contributed by atoms with Gasteiger partial charge in [-0.3, -0.25) is 0 Å². The lowest BCUT2D eigenvalue weighted by atomic mass is 10.1. The van der Waals surface area contributed by atoms with Gasteiger partial charge in [0, 0.05) is 9.11 Å². The van der Waals surface area contributed by atoms with E-state index in [1.165, 1.54) is 0 Å². The van der Waals surface area contributed by atoms with Crippen LogP contribution in [0.5, 0.6) is 0 Å². The summed E-state index contributed by atoms with van der Waals surface area (Å²) in [4.78, 5) is 11.5. The lowest BCUT2D eigenvalue weighted by molar-refractivity contribution is -0.144. The van der Waals surface area contributed by atoms with Gasteiger partial charge >= 0.3 is 5.97 Å². The molecule has 1 saturated heterocycles. The molecule has 1 heterocycles. The van der Waals surface area contributed by atoms with Crippen LogP contribution in [0.2, 0.25) is 0 Å². The van der Waals surface area contributed by atoms with Gasteiger partial charge in [0.05, 0.1) is 0 Å². The number of rotatable bonds is 2. The summed E-state index contributed by atoms with van der Waals surface area (Å²) in [6.07, 6.45) is -3.06. The van der Waals surface area contributed by atoms with Crippen molar-refractivity contribution < 1.29 is 17.0 Å². The van der Waals surface area contributed by atoms with Crippen LogP contribution in [0.25, 0.3) is 0 Å². The summed E-state index contributed by atoms with van der Waals surface area (Å²) in [5.74, 6) is -0.540. The lowest BCUT2D eigenvalue weighted by Crippen LogP contribution is -2.27. The van der Waals surface area contributed by atoms with Crippen molar-refractivity contribution in [3.05, 3.63) is 35.9 Å². The molecule has 1 aromatic rings. The fraction of sp³-hybridized carbons (Fsp3) is 0.417. The Kier molecular flexibility index (Phi) is 1.92. The molecule has 1 atom stereocenters. The molecule has 80 valence electrons. The van der Waals surface area contributed by atoms with Crippen molar-refractivity contribution in [2.24, 2.45) is 0 Å². The number of hydrogen-bond donors (Lipinski definition) is 0. The molecule has 1 aromatic carbocycles. The molecule has 0 bridgehead atoms. The van der Waals surface area contributed by atoms with Crippen LogP contribution in [0.4, 0.5) is 0 Å². The van der Waals surface area contributed by atoms with Crippen molar-refractivity contribution in [3.63, 3.8) is 0 Å². The van der Waals surface area contributed by atoms with E-state index in [1.54, 1.807) is 44.2 Å². The van der Waals surface area contributed by atoms with Crippen molar-refractivity contribution in [2.75, 3.05) is 0 Å². The first kappa shape index (κ1) is 7.88. The second-order valence-electron chi connectivity index (χ2n) is 3.88. The molecule has 3 nitrogen and oxygen atoms in total. The average molecular weight is 208 g/mol.